The summed E-state index contributed by atoms with van der Waals surface area (Å²) in [7, 11) is 0. The van der Waals surface area contributed by atoms with E-state index >= 15 is 0 Å². The number of fused-ring (bicyclic) bond motifs is 1. The van der Waals surface area contributed by atoms with Crippen molar-refractivity contribution in [2.24, 2.45) is 5.73 Å². The highest BCUT2D eigenvalue weighted by molar-refractivity contribution is 6.30. The molecule has 2 heterocycles. The van der Waals surface area contributed by atoms with E-state index in [2.05, 4.69) is 21.8 Å². The standard InChI is InChI=1S/C22H24ClN5O/c1-15-13-27(21-18-4-2-3-5-20(18)25-14-26-21)10-11-28(15)22(29)19(24)12-16-6-8-17(23)9-7-16/h2-9,14-15,19H,10-13,24H2,1H3/t15-,19?/m1/s1. The minimum Gasteiger partial charge on any atom is -0.352 e. The average molecular weight is 410 g/mol. The Hall–Kier alpha value is -2.70. The van der Waals surface area contributed by atoms with Gasteiger partial charge in [0.25, 0.3) is 0 Å². The van der Waals surface area contributed by atoms with Crippen molar-refractivity contribution in [2.75, 3.05) is 24.5 Å². The summed E-state index contributed by atoms with van der Waals surface area (Å²) in [5.74, 6) is 0.902. The quantitative estimate of drug-likeness (QED) is 0.717. The van der Waals surface area contributed by atoms with Crippen molar-refractivity contribution in [3.8, 4) is 0 Å². The molecule has 1 aliphatic rings. The smallest absolute Gasteiger partial charge is 0.240 e. The molecule has 4 rings (SSSR count). The number of carbonyl (C=O) groups is 1. The van der Waals surface area contributed by atoms with Gasteiger partial charge in [0.1, 0.15) is 12.1 Å². The minimum atomic E-state index is -0.565. The third kappa shape index (κ3) is 4.18. The molecule has 0 spiro atoms. The second kappa shape index (κ2) is 8.35. The van der Waals surface area contributed by atoms with Crippen LogP contribution in [0.4, 0.5) is 5.82 Å². The average Bonchev–Trinajstić information content (AvgIpc) is 2.74. The van der Waals surface area contributed by atoms with E-state index in [1.807, 2.05) is 53.4 Å². The van der Waals surface area contributed by atoms with E-state index < -0.39 is 6.04 Å². The van der Waals surface area contributed by atoms with Crippen molar-refractivity contribution >= 4 is 34.2 Å². The Morgan fingerprint density at radius 2 is 1.93 bits per heavy atom. The molecule has 1 fully saturated rings. The van der Waals surface area contributed by atoms with E-state index in [0.29, 0.717) is 31.1 Å². The minimum absolute atomic E-state index is 0.0142. The van der Waals surface area contributed by atoms with Gasteiger partial charge in [0.2, 0.25) is 5.91 Å². The summed E-state index contributed by atoms with van der Waals surface area (Å²) >= 11 is 5.93. The number of halogens is 1. The maximum absolute atomic E-state index is 13.0. The molecular formula is C22H24ClN5O. The van der Waals surface area contributed by atoms with Crippen LogP contribution < -0.4 is 10.6 Å². The molecule has 0 bridgehead atoms. The van der Waals surface area contributed by atoms with E-state index in [1.165, 1.54) is 0 Å². The van der Waals surface area contributed by atoms with Crippen molar-refractivity contribution in [2.45, 2.75) is 25.4 Å². The molecule has 150 valence electrons. The van der Waals surface area contributed by atoms with E-state index in [1.54, 1.807) is 6.33 Å². The molecule has 1 saturated heterocycles. The second-order valence-electron chi connectivity index (χ2n) is 7.48. The highest BCUT2D eigenvalue weighted by Gasteiger charge is 2.31. The summed E-state index contributed by atoms with van der Waals surface area (Å²) in [6.07, 6.45) is 2.10. The largest absolute Gasteiger partial charge is 0.352 e. The third-order valence-corrected chi connectivity index (χ3v) is 5.67. The van der Waals surface area contributed by atoms with E-state index in [9.17, 15) is 4.79 Å². The van der Waals surface area contributed by atoms with Gasteiger partial charge in [-0.25, -0.2) is 9.97 Å². The molecule has 1 aromatic heterocycles. The number of piperazine rings is 1. The SMILES string of the molecule is C[C@@H]1CN(c2ncnc3ccccc23)CCN1C(=O)C(N)Cc1ccc(Cl)cc1. The Morgan fingerprint density at radius 1 is 1.17 bits per heavy atom. The normalized spacial score (nSPS) is 18.1. The van der Waals surface area contributed by atoms with Gasteiger partial charge in [0.15, 0.2) is 0 Å². The molecule has 7 heteroatoms. The van der Waals surface area contributed by atoms with E-state index in [4.69, 9.17) is 17.3 Å². The molecule has 0 aliphatic carbocycles. The lowest BCUT2D eigenvalue weighted by atomic mass is 10.0. The predicted octanol–water partition coefficient (Wildman–Crippen LogP) is 2.89. The lowest BCUT2D eigenvalue weighted by Crippen LogP contribution is -2.58. The number of amides is 1. The van der Waals surface area contributed by atoms with Crippen molar-refractivity contribution in [3.63, 3.8) is 0 Å². The van der Waals surface area contributed by atoms with Gasteiger partial charge < -0.3 is 15.5 Å². The monoisotopic (exact) mass is 409 g/mol. The first-order chi connectivity index (χ1) is 14.0. The van der Waals surface area contributed by atoms with Crippen LogP contribution in [0.3, 0.4) is 0 Å². The number of anilines is 1. The molecular weight excluding hydrogens is 386 g/mol. The van der Waals surface area contributed by atoms with E-state index in [-0.39, 0.29) is 11.9 Å². The molecule has 6 nitrogen and oxygen atoms in total. The summed E-state index contributed by atoms with van der Waals surface area (Å²) in [6, 6.07) is 14.9. The van der Waals surface area contributed by atoms with Crippen LogP contribution in [0.5, 0.6) is 0 Å². The molecule has 2 aromatic carbocycles. The van der Waals surface area contributed by atoms with Crippen LogP contribution in [-0.2, 0) is 11.2 Å². The Bertz CT molecular complexity index is 1000. The molecule has 29 heavy (non-hydrogen) atoms. The number of nitrogens with two attached hydrogens (primary N) is 1. The molecule has 0 radical (unpaired) electrons. The van der Waals surface area contributed by atoms with Gasteiger partial charge >= 0.3 is 0 Å². The number of nitrogens with zero attached hydrogens (tertiary/aromatic N) is 4. The third-order valence-electron chi connectivity index (χ3n) is 5.42. The fraction of sp³-hybridized carbons (Fsp3) is 0.318. The van der Waals surface area contributed by atoms with Crippen LogP contribution >= 0.6 is 11.6 Å². The first-order valence-electron chi connectivity index (χ1n) is 9.78. The van der Waals surface area contributed by atoms with Gasteiger partial charge in [-0.2, -0.15) is 0 Å². The van der Waals surface area contributed by atoms with Crippen LogP contribution in [-0.4, -0.2) is 52.5 Å². The van der Waals surface area contributed by atoms with Gasteiger partial charge in [-0.1, -0.05) is 35.9 Å². The summed E-state index contributed by atoms with van der Waals surface area (Å²) < 4.78 is 0. The summed E-state index contributed by atoms with van der Waals surface area (Å²) in [5, 5.41) is 1.71. The van der Waals surface area contributed by atoms with Crippen molar-refractivity contribution in [3.05, 3.63) is 65.4 Å². The molecule has 1 amide bonds. The lowest BCUT2D eigenvalue weighted by Gasteiger charge is -2.41. The first kappa shape index (κ1) is 19.6. The van der Waals surface area contributed by atoms with Crippen molar-refractivity contribution in [1.29, 1.82) is 0 Å². The summed E-state index contributed by atoms with van der Waals surface area (Å²) in [4.78, 5) is 25.9. The van der Waals surface area contributed by atoms with Gasteiger partial charge in [0.05, 0.1) is 11.6 Å². The van der Waals surface area contributed by atoms with Gasteiger partial charge in [-0.15, -0.1) is 0 Å². The molecule has 2 atom stereocenters. The number of rotatable bonds is 4. The fourth-order valence-corrected chi connectivity index (χ4v) is 4.02. The molecule has 3 aromatic rings. The number of benzene rings is 2. The van der Waals surface area contributed by atoms with Gasteiger partial charge in [0, 0.05) is 36.1 Å². The lowest BCUT2D eigenvalue weighted by molar-refractivity contribution is -0.135. The van der Waals surface area contributed by atoms with E-state index in [0.717, 1.165) is 22.3 Å². The molecule has 1 aliphatic heterocycles. The van der Waals surface area contributed by atoms with Crippen LogP contribution in [0, 0.1) is 0 Å². The Labute approximate surface area is 175 Å². The zero-order valence-corrected chi connectivity index (χ0v) is 17.1. The second-order valence-corrected chi connectivity index (χ2v) is 7.91. The van der Waals surface area contributed by atoms with Crippen molar-refractivity contribution in [1.82, 2.24) is 14.9 Å². The Kier molecular flexibility index (Phi) is 5.65. The predicted molar refractivity (Wildman–Crippen MR) is 116 cm³/mol. The topological polar surface area (TPSA) is 75.4 Å². The maximum atomic E-state index is 13.0. The highest BCUT2D eigenvalue weighted by atomic mass is 35.5. The number of carbonyl (C=O) groups excluding carboxylic acids is 1. The molecule has 2 N–H and O–H groups in total. The number of hydrogen-bond donors (Lipinski definition) is 1. The fourth-order valence-electron chi connectivity index (χ4n) is 3.89. The Morgan fingerprint density at radius 3 is 2.69 bits per heavy atom. The summed E-state index contributed by atoms with van der Waals surface area (Å²) in [5.41, 5.74) is 8.18. The molecule has 1 unspecified atom stereocenters. The first-order valence-corrected chi connectivity index (χ1v) is 10.2. The number of para-hydroxylation sites is 1. The van der Waals surface area contributed by atoms with Crippen LogP contribution in [0.1, 0.15) is 12.5 Å². The van der Waals surface area contributed by atoms with Crippen molar-refractivity contribution < 1.29 is 4.79 Å². The number of hydrogen-bond acceptors (Lipinski definition) is 5. The molecule has 0 saturated carbocycles. The summed E-state index contributed by atoms with van der Waals surface area (Å²) in [6.45, 7) is 4.10. The zero-order valence-electron chi connectivity index (χ0n) is 16.3. The van der Waals surface area contributed by atoms with Crippen LogP contribution in [0.25, 0.3) is 10.9 Å². The zero-order chi connectivity index (χ0) is 20.4. The van der Waals surface area contributed by atoms with Gasteiger partial charge in [-0.3, -0.25) is 4.79 Å². The number of aromatic nitrogens is 2. The van der Waals surface area contributed by atoms with Crippen LogP contribution in [0.15, 0.2) is 54.9 Å². The maximum Gasteiger partial charge on any atom is 0.240 e. The Balaban J connectivity index is 1.44. The van der Waals surface area contributed by atoms with Crippen LogP contribution in [0.2, 0.25) is 5.02 Å². The van der Waals surface area contributed by atoms with Gasteiger partial charge in [-0.05, 0) is 43.2 Å². The highest BCUT2D eigenvalue weighted by Crippen LogP contribution is 2.25.